The van der Waals surface area contributed by atoms with Gasteiger partial charge in [-0.05, 0) is 73.2 Å². The molecule has 4 aromatic carbocycles. The van der Waals surface area contributed by atoms with E-state index in [-0.39, 0.29) is 12.4 Å². The zero-order chi connectivity index (χ0) is 20.7. The third-order valence-corrected chi connectivity index (χ3v) is 11.0. The van der Waals surface area contributed by atoms with Crippen LogP contribution in [0.15, 0.2) is 120 Å². The van der Waals surface area contributed by atoms with Crippen molar-refractivity contribution in [3.8, 4) is 0 Å². The maximum absolute atomic E-state index is 2.33. The molecule has 0 N–H and O–H groups in total. The van der Waals surface area contributed by atoms with E-state index < -0.39 is 7.26 Å². The van der Waals surface area contributed by atoms with E-state index in [4.69, 9.17) is 0 Å². The van der Waals surface area contributed by atoms with Crippen LogP contribution in [0.3, 0.4) is 0 Å². The van der Waals surface area contributed by atoms with Gasteiger partial charge in [0.2, 0.25) is 0 Å². The number of thioether (sulfide) groups is 1. The number of hydrogen-bond donors (Lipinski definition) is 0. The Labute approximate surface area is 197 Å². The predicted molar refractivity (Wildman–Crippen MR) is 137 cm³/mol. The van der Waals surface area contributed by atoms with Crippen LogP contribution in [0.4, 0.5) is 0 Å². The molecule has 0 saturated heterocycles. The van der Waals surface area contributed by atoms with Gasteiger partial charge in [-0.3, -0.25) is 0 Å². The lowest BCUT2D eigenvalue weighted by Crippen LogP contribution is -3.00. The molecule has 0 radical (unpaired) electrons. The van der Waals surface area contributed by atoms with E-state index in [9.17, 15) is 0 Å². The Bertz CT molecular complexity index is 938. The molecular weight excluding hydrogens is 435 g/mol. The number of hydrogen-bond acceptors (Lipinski definition) is 1. The van der Waals surface area contributed by atoms with E-state index in [1.165, 1.54) is 39.0 Å². The average Bonchev–Trinajstić information content (AvgIpc) is 2.84. The van der Waals surface area contributed by atoms with E-state index in [0.29, 0.717) is 0 Å². The third kappa shape index (κ3) is 5.42. The molecule has 0 atom stereocenters. The molecule has 4 aromatic rings. The summed E-state index contributed by atoms with van der Waals surface area (Å²) >= 11 is 1.80. The molecule has 0 saturated carbocycles. The van der Waals surface area contributed by atoms with E-state index in [1.54, 1.807) is 11.8 Å². The van der Waals surface area contributed by atoms with Crippen molar-refractivity contribution in [1.82, 2.24) is 0 Å². The van der Waals surface area contributed by atoms with Crippen molar-refractivity contribution in [2.24, 2.45) is 0 Å². The van der Waals surface area contributed by atoms with Crippen LogP contribution in [0.2, 0.25) is 0 Å². The lowest BCUT2D eigenvalue weighted by Gasteiger charge is -2.27. The van der Waals surface area contributed by atoms with Gasteiger partial charge in [0.1, 0.15) is 23.2 Å². The lowest BCUT2D eigenvalue weighted by molar-refractivity contribution is -0.00000585. The summed E-state index contributed by atoms with van der Waals surface area (Å²) in [6.45, 7) is 0. The lowest BCUT2D eigenvalue weighted by atomic mass is 10.1. The molecule has 4 rings (SSSR count). The predicted octanol–water partition coefficient (Wildman–Crippen LogP) is 3.34. The number of benzene rings is 4. The van der Waals surface area contributed by atoms with Crippen LogP contribution >= 0.6 is 19.0 Å². The van der Waals surface area contributed by atoms with Crippen molar-refractivity contribution >= 4 is 34.9 Å². The second-order valence-electron chi connectivity index (χ2n) is 7.49. The molecule has 0 aliphatic rings. The summed E-state index contributed by atoms with van der Waals surface area (Å²) in [6.07, 6.45) is 5.59. The van der Waals surface area contributed by atoms with Crippen molar-refractivity contribution in [3.63, 3.8) is 0 Å². The Morgan fingerprint density at radius 2 is 1.00 bits per heavy atom. The minimum absolute atomic E-state index is 0. The van der Waals surface area contributed by atoms with E-state index in [1.807, 2.05) is 0 Å². The highest BCUT2D eigenvalue weighted by Crippen LogP contribution is 2.55. The summed E-state index contributed by atoms with van der Waals surface area (Å²) in [7, 11) is -1.71. The smallest absolute Gasteiger partial charge is 0.112 e. The highest BCUT2D eigenvalue weighted by molar-refractivity contribution is 7.98. The van der Waals surface area contributed by atoms with E-state index in [0.717, 1.165) is 6.42 Å². The summed E-state index contributed by atoms with van der Waals surface area (Å²) in [5, 5.41) is 4.42. The van der Waals surface area contributed by atoms with Crippen LogP contribution in [0.25, 0.3) is 0 Å². The molecule has 0 fully saturated rings. The summed E-state index contributed by atoms with van der Waals surface area (Å²) in [4.78, 5) is 1.33. The Morgan fingerprint density at radius 3 is 1.39 bits per heavy atom. The number of halogens is 1. The van der Waals surface area contributed by atoms with Gasteiger partial charge in [-0.25, -0.2) is 0 Å². The van der Waals surface area contributed by atoms with Crippen LogP contribution in [-0.2, 0) is 6.42 Å². The first-order chi connectivity index (χ1) is 14.8. The average molecular weight is 463 g/mol. The SMILES string of the molecule is CSc1ccc(CCC[P+](c2ccccc2)(c2ccccc2)c2ccccc2)cc1.[Cl-]. The highest BCUT2D eigenvalue weighted by Gasteiger charge is 2.44. The van der Waals surface area contributed by atoms with Gasteiger partial charge in [0.25, 0.3) is 0 Å². The first-order valence-electron chi connectivity index (χ1n) is 10.5. The first kappa shape index (κ1) is 23.6. The normalized spacial score (nSPS) is 11.0. The Hall–Kier alpha value is -2.05. The molecule has 0 heterocycles. The van der Waals surface area contributed by atoms with Crippen molar-refractivity contribution in [1.29, 1.82) is 0 Å². The number of aryl methyl sites for hydroxylation is 1. The van der Waals surface area contributed by atoms with Gasteiger partial charge in [-0.15, -0.1) is 11.8 Å². The van der Waals surface area contributed by atoms with Gasteiger partial charge in [0.05, 0.1) is 6.16 Å². The maximum Gasteiger partial charge on any atom is 0.112 e. The Balaban J connectivity index is 0.00000272. The topological polar surface area (TPSA) is 0 Å². The molecule has 0 aliphatic carbocycles. The molecule has 158 valence electrons. The Kier molecular flexibility index (Phi) is 8.79. The second kappa shape index (κ2) is 11.5. The van der Waals surface area contributed by atoms with Crippen LogP contribution < -0.4 is 28.3 Å². The monoisotopic (exact) mass is 462 g/mol. The molecule has 0 spiro atoms. The molecular formula is C28H28ClPS. The molecule has 31 heavy (non-hydrogen) atoms. The van der Waals surface area contributed by atoms with Crippen molar-refractivity contribution in [3.05, 3.63) is 121 Å². The minimum Gasteiger partial charge on any atom is -1.00 e. The first-order valence-corrected chi connectivity index (χ1v) is 13.7. The van der Waals surface area contributed by atoms with Crippen LogP contribution in [0.5, 0.6) is 0 Å². The van der Waals surface area contributed by atoms with Gasteiger partial charge in [0, 0.05) is 4.90 Å². The molecule has 0 unspecified atom stereocenters. The van der Waals surface area contributed by atoms with Gasteiger partial charge in [-0.1, -0.05) is 66.7 Å². The van der Waals surface area contributed by atoms with E-state index in [2.05, 4.69) is 122 Å². The quantitative estimate of drug-likeness (QED) is 0.286. The second-order valence-corrected chi connectivity index (χ2v) is 12.0. The Morgan fingerprint density at radius 1 is 0.581 bits per heavy atom. The van der Waals surface area contributed by atoms with Gasteiger partial charge < -0.3 is 12.4 Å². The maximum atomic E-state index is 2.33. The van der Waals surface area contributed by atoms with Crippen LogP contribution in [0, 0.1) is 0 Å². The molecule has 0 aliphatic heterocycles. The van der Waals surface area contributed by atoms with Crippen molar-refractivity contribution in [2.75, 3.05) is 12.4 Å². The highest BCUT2D eigenvalue weighted by atomic mass is 35.5. The fourth-order valence-electron chi connectivity index (χ4n) is 4.19. The van der Waals surface area contributed by atoms with E-state index >= 15 is 0 Å². The minimum atomic E-state index is -1.71. The molecule has 0 nitrogen and oxygen atoms in total. The third-order valence-electron chi connectivity index (χ3n) is 5.71. The molecule has 0 aromatic heterocycles. The summed E-state index contributed by atoms with van der Waals surface area (Å²) in [6, 6.07) is 42.6. The van der Waals surface area contributed by atoms with Crippen LogP contribution in [0.1, 0.15) is 12.0 Å². The number of rotatable bonds is 8. The van der Waals surface area contributed by atoms with Crippen molar-refractivity contribution < 1.29 is 12.4 Å². The van der Waals surface area contributed by atoms with Crippen LogP contribution in [-0.4, -0.2) is 12.4 Å². The zero-order valence-corrected chi connectivity index (χ0v) is 20.3. The molecule has 0 bridgehead atoms. The molecule has 0 amide bonds. The standard InChI is InChI=1S/C28H28PS.ClH/c1-30-28-21-19-24(20-22-28)12-11-23-29(25-13-5-2-6-14-25,26-15-7-3-8-16-26)27-17-9-4-10-18-27;/h2-10,13-22H,11-12,23H2,1H3;1H/q+1;/p-1. The van der Waals surface area contributed by atoms with Gasteiger partial charge in [0.15, 0.2) is 0 Å². The summed E-state index contributed by atoms with van der Waals surface area (Å²) < 4.78 is 0. The van der Waals surface area contributed by atoms with Crippen molar-refractivity contribution in [2.45, 2.75) is 17.7 Å². The zero-order valence-electron chi connectivity index (χ0n) is 17.8. The summed E-state index contributed by atoms with van der Waals surface area (Å²) in [5.41, 5.74) is 1.43. The van der Waals surface area contributed by atoms with Gasteiger partial charge >= 0.3 is 0 Å². The van der Waals surface area contributed by atoms with Gasteiger partial charge in [-0.2, -0.15) is 0 Å². The summed E-state index contributed by atoms with van der Waals surface area (Å²) in [5.74, 6) is 0. The largest absolute Gasteiger partial charge is 1.00 e. The molecule has 3 heteroatoms. The fourth-order valence-corrected chi connectivity index (χ4v) is 8.95. The fraction of sp³-hybridized carbons (Fsp3) is 0.143.